The fraction of sp³-hybridized carbons (Fsp3) is 0.125. The normalized spacial score (nSPS) is 10.6. The Morgan fingerprint density at radius 2 is 2.18 bits per heavy atom. The van der Waals surface area contributed by atoms with Crippen molar-refractivity contribution in [2.75, 3.05) is 13.2 Å². The molecule has 0 saturated carbocycles. The molecular formula is C16H14ClN3O2. The SMILES string of the molecule is O=C(NCCOc1cccc2cccnc12)c1cc(Cl)c[nH]1. The highest BCUT2D eigenvalue weighted by molar-refractivity contribution is 6.30. The van der Waals surface area contributed by atoms with E-state index in [4.69, 9.17) is 16.3 Å². The van der Waals surface area contributed by atoms with Crippen molar-refractivity contribution in [3.05, 3.63) is 59.5 Å². The molecule has 0 aliphatic carbocycles. The minimum atomic E-state index is -0.216. The molecule has 1 aromatic carbocycles. The van der Waals surface area contributed by atoms with Crippen molar-refractivity contribution in [1.29, 1.82) is 0 Å². The average Bonchev–Trinajstić information content (AvgIpc) is 2.98. The number of aromatic nitrogens is 2. The van der Waals surface area contributed by atoms with E-state index in [9.17, 15) is 4.79 Å². The van der Waals surface area contributed by atoms with E-state index >= 15 is 0 Å². The van der Waals surface area contributed by atoms with E-state index in [0.29, 0.717) is 29.6 Å². The molecule has 0 unspecified atom stereocenters. The number of carbonyl (C=O) groups excluding carboxylic acids is 1. The van der Waals surface area contributed by atoms with Gasteiger partial charge in [0, 0.05) is 17.8 Å². The van der Waals surface area contributed by atoms with E-state index in [2.05, 4.69) is 15.3 Å². The van der Waals surface area contributed by atoms with E-state index < -0.39 is 0 Å². The largest absolute Gasteiger partial charge is 0.489 e. The Bertz CT molecular complexity index is 795. The van der Waals surface area contributed by atoms with Crippen LogP contribution in [0.15, 0.2) is 48.8 Å². The van der Waals surface area contributed by atoms with Gasteiger partial charge in [-0.25, -0.2) is 0 Å². The summed E-state index contributed by atoms with van der Waals surface area (Å²) in [5.41, 5.74) is 1.24. The lowest BCUT2D eigenvalue weighted by atomic mass is 10.2. The number of benzene rings is 1. The summed E-state index contributed by atoms with van der Waals surface area (Å²) in [5.74, 6) is 0.488. The molecule has 22 heavy (non-hydrogen) atoms. The number of nitrogens with zero attached hydrogens (tertiary/aromatic N) is 1. The highest BCUT2D eigenvalue weighted by atomic mass is 35.5. The third-order valence-electron chi connectivity index (χ3n) is 3.13. The summed E-state index contributed by atoms with van der Waals surface area (Å²) in [6.45, 7) is 0.745. The van der Waals surface area contributed by atoms with Crippen molar-refractivity contribution in [1.82, 2.24) is 15.3 Å². The number of ether oxygens (including phenoxy) is 1. The molecule has 5 nitrogen and oxygen atoms in total. The predicted molar refractivity (Wildman–Crippen MR) is 85.4 cm³/mol. The second-order valence-corrected chi connectivity index (χ2v) is 5.10. The monoisotopic (exact) mass is 315 g/mol. The molecule has 3 rings (SSSR count). The van der Waals surface area contributed by atoms with Crippen LogP contribution in [-0.4, -0.2) is 29.0 Å². The highest BCUT2D eigenvalue weighted by Gasteiger charge is 2.07. The van der Waals surface area contributed by atoms with Crippen LogP contribution >= 0.6 is 11.6 Å². The topological polar surface area (TPSA) is 67.0 Å². The number of para-hydroxylation sites is 1. The maximum Gasteiger partial charge on any atom is 0.267 e. The predicted octanol–water partition coefficient (Wildman–Crippen LogP) is 3.03. The van der Waals surface area contributed by atoms with Gasteiger partial charge in [-0.15, -0.1) is 0 Å². The van der Waals surface area contributed by atoms with Crippen LogP contribution in [0.1, 0.15) is 10.5 Å². The summed E-state index contributed by atoms with van der Waals surface area (Å²) in [7, 11) is 0. The van der Waals surface area contributed by atoms with Crippen molar-refractivity contribution >= 4 is 28.4 Å². The van der Waals surface area contributed by atoms with E-state index in [1.54, 1.807) is 18.5 Å². The minimum Gasteiger partial charge on any atom is -0.489 e. The molecule has 0 atom stereocenters. The van der Waals surface area contributed by atoms with Gasteiger partial charge >= 0.3 is 0 Å². The molecule has 112 valence electrons. The minimum absolute atomic E-state index is 0.216. The van der Waals surface area contributed by atoms with Gasteiger partial charge in [-0.1, -0.05) is 29.8 Å². The van der Waals surface area contributed by atoms with Gasteiger partial charge in [-0.05, 0) is 18.2 Å². The van der Waals surface area contributed by atoms with Gasteiger partial charge in [0.1, 0.15) is 23.6 Å². The van der Waals surface area contributed by atoms with Gasteiger partial charge in [0.05, 0.1) is 11.6 Å². The summed E-state index contributed by atoms with van der Waals surface area (Å²) in [6, 6.07) is 11.2. The number of pyridine rings is 1. The lowest BCUT2D eigenvalue weighted by molar-refractivity contribution is 0.0943. The van der Waals surface area contributed by atoms with Gasteiger partial charge in [-0.3, -0.25) is 9.78 Å². The molecule has 0 saturated heterocycles. The second kappa shape index (κ2) is 6.49. The Kier molecular flexibility index (Phi) is 4.25. The summed E-state index contributed by atoms with van der Waals surface area (Å²) >= 11 is 5.76. The number of hydrogen-bond acceptors (Lipinski definition) is 3. The van der Waals surface area contributed by atoms with E-state index in [1.165, 1.54) is 0 Å². The molecule has 6 heteroatoms. The van der Waals surface area contributed by atoms with E-state index in [0.717, 1.165) is 10.9 Å². The van der Waals surface area contributed by atoms with Crippen molar-refractivity contribution in [2.24, 2.45) is 0 Å². The van der Waals surface area contributed by atoms with E-state index in [-0.39, 0.29) is 5.91 Å². The number of rotatable bonds is 5. The third-order valence-corrected chi connectivity index (χ3v) is 3.35. The summed E-state index contributed by atoms with van der Waals surface area (Å²) in [5, 5.41) is 4.28. The molecule has 3 aromatic rings. The van der Waals surface area contributed by atoms with Crippen LogP contribution in [0.4, 0.5) is 0 Å². The number of hydrogen-bond donors (Lipinski definition) is 2. The number of amides is 1. The van der Waals surface area contributed by atoms with E-state index in [1.807, 2.05) is 30.3 Å². The molecule has 2 aromatic heterocycles. The zero-order valence-electron chi connectivity index (χ0n) is 11.7. The maximum atomic E-state index is 11.8. The maximum absolute atomic E-state index is 11.8. The van der Waals surface area contributed by atoms with Crippen LogP contribution in [0.3, 0.4) is 0 Å². The van der Waals surface area contributed by atoms with Gasteiger partial charge < -0.3 is 15.0 Å². The Balaban J connectivity index is 1.55. The zero-order valence-corrected chi connectivity index (χ0v) is 12.4. The number of H-pyrrole nitrogens is 1. The third kappa shape index (κ3) is 3.20. The first-order valence-corrected chi connectivity index (χ1v) is 7.20. The van der Waals surface area contributed by atoms with Crippen molar-refractivity contribution in [3.63, 3.8) is 0 Å². The fourth-order valence-corrected chi connectivity index (χ4v) is 2.28. The molecular weight excluding hydrogens is 302 g/mol. The lowest BCUT2D eigenvalue weighted by Gasteiger charge is -2.09. The number of carbonyl (C=O) groups is 1. The molecule has 0 aliphatic heterocycles. The lowest BCUT2D eigenvalue weighted by Crippen LogP contribution is -2.28. The first kappa shape index (κ1) is 14.4. The fourth-order valence-electron chi connectivity index (χ4n) is 2.11. The Hall–Kier alpha value is -2.53. The quantitative estimate of drug-likeness (QED) is 0.711. The average molecular weight is 316 g/mol. The summed E-state index contributed by atoms with van der Waals surface area (Å²) in [6.07, 6.45) is 3.29. The van der Waals surface area contributed by atoms with Crippen LogP contribution < -0.4 is 10.1 Å². The molecule has 0 spiro atoms. The molecule has 0 bridgehead atoms. The standard InChI is InChI=1S/C16H14ClN3O2/c17-12-9-13(20-10-12)16(21)19-7-8-22-14-5-1-3-11-4-2-6-18-15(11)14/h1-6,9-10,20H,7-8H2,(H,19,21). The van der Waals surface area contributed by atoms with Crippen LogP contribution in [-0.2, 0) is 0 Å². The number of nitrogens with one attached hydrogen (secondary N) is 2. The molecule has 0 aliphatic rings. The number of halogens is 1. The summed E-state index contributed by atoms with van der Waals surface area (Å²) < 4.78 is 5.70. The molecule has 1 amide bonds. The van der Waals surface area contributed by atoms with Crippen molar-refractivity contribution in [2.45, 2.75) is 0 Å². The van der Waals surface area contributed by atoms with Gasteiger partial charge in [0.25, 0.3) is 5.91 Å². The Labute approximate surface area is 132 Å². The van der Waals surface area contributed by atoms with Crippen molar-refractivity contribution < 1.29 is 9.53 Å². The first-order chi connectivity index (χ1) is 10.7. The molecule has 0 radical (unpaired) electrons. The van der Waals surface area contributed by atoms with Crippen molar-refractivity contribution in [3.8, 4) is 5.75 Å². The number of aromatic amines is 1. The van der Waals surface area contributed by atoms with Gasteiger partial charge in [0.2, 0.25) is 0 Å². The zero-order chi connectivity index (χ0) is 15.4. The van der Waals surface area contributed by atoms with Crippen LogP contribution in [0.25, 0.3) is 10.9 Å². The van der Waals surface area contributed by atoms with Crippen LogP contribution in [0.2, 0.25) is 5.02 Å². The van der Waals surface area contributed by atoms with Gasteiger partial charge in [0.15, 0.2) is 0 Å². The number of fused-ring (bicyclic) bond motifs is 1. The summed E-state index contributed by atoms with van der Waals surface area (Å²) in [4.78, 5) is 18.9. The Morgan fingerprint density at radius 1 is 1.32 bits per heavy atom. The Morgan fingerprint density at radius 3 is 3.00 bits per heavy atom. The molecule has 2 N–H and O–H groups in total. The molecule has 2 heterocycles. The van der Waals surface area contributed by atoms with Crippen LogP contribution in [0, 0.1) is 0 Å². The first-order valence-electron chi connectivity index (χ1n) is 6.83. The van der Waals surface area contributed by atoms with Crippen LogP contribution in [0.5, 0.6) is 5.75 Å². The smallest absolute Gasteiger partial charge is 0.267 e. The second-order valence-electron chi connectivity index (χ2n) is 4.67. The highest BCUT2D eigenvalue weighted by Crippen LogP contribution is 2.22. The molecule has 0 fully saturated rings. The van der Waals surface area contributed by atoms with Gasteiger partial charge in [-0.2, -0.15) is 0 Å².